The number of aromatic nitrogens is 2. The van der Waals surface area contributed by atoms with Gasteiger partial charge in [0.15, 0.2) is 0 Å². The van der Waals surface area contributed by atoms with Crippen LogP contribution >= 0.6 is 0 Å². The summed E-state index contributed by atoms with van der Waals surface area (Å²) in [5.41, 5.74) is 9.19. The Morgan fingerprint density at radius 2 is 2.11 bits per heavy atom. The van der Waals surface area contributed by atoms with Crippen molar-refractivity contribution < 1.29 is 0 Å². The minimum absolute atomic E-state index is 0.677. The first-order valence-electron chi connectivity index (χ1n) is 6.74. The standard InChI is InChI=1S/C15H23N3/c1-11(8-9-16)5-7-15-17-13-10-12(2)4-6-14(13)18(15)3/h4,6,10-11H,5,7-9,16H2,1-3H3. The number of hydrogen-bond donors (Lipinski definition) is 1. The summed E-state index contributed by atoms with van der Waals surface area (Å²) in [7, 11) is 2.10. The average molecular weight is 245 g/mol. The van der Waals surface area contributed by atoms with Gasteiger partial charge in [-0.05, 0) is 49.9 Å². The molecule has 0 spiro atoms. The Balaban J connectivity index is 2.16. The zero-order valence-electron chi connectivity index (χ0n) is 11.6. The van der Waals surface area contributed by atoms with Crippen LogP contribution in [0.15, 0.2) is 18.2 Å². The molecule has 2 N–H and O–H groups in total. The van der Waals surface area contributed by atoms with E-state index in [9.17, 15) is 0 Å². The lowest BCUT2D eigenvalue weighted by Gasteiger charge is -2.09. The summed E-state index contributed by atoms with van der Waals surface area (Å²) in [5.74, 6) is 1.86. The van der Waals surface area contributed by atoms with Crippen LogP contribution < -0.4 is 5.73 Å². The summed E-state index contributed by atoms with van der Waals surface area (Å²) in [6, 6.07) is 6.46. The number of hydrogen-bond acceptors (Lipinski definition) is 2. The van der Waals surface area contributed by atoms with Gasteiger partial charge in [0.25, 0.3) is 0 Å². The maximum Gasteiger partial charge on any atom is 0.109 e. The van der Waals surface area contributed by atoms with Gasteiger partial charge in [0, 0.05) is 13.5 Å². The molecule has 1 heterocycles. The summed E-state index contributed by atoms with van der Waals surface area (Å²) >= 11 is 0. The highest BCUT2D eigenvalue weighted by Crippen LogP contribution is 2.19. The second-order valence-electron chi connectivity index (χ2n) is 5.30. The Hall–Kier alpha value is -1.35. The van der Waals surface area contributed by atoms with Gasteiger partial charge in [-0.25, -0.2) is 4.98 Å². The van der Waals surface area contributed by atoms with Gasteiger partial charge < -0.3 is 10.3 Å². The van der Waals surface area contributed by atoms with Gasteiger partial charge in [-0.2, -0.15) is 0 Å². The van der Waals surface area contributed by atoms with Crippen molar-refractivity contribution in [2.24, 2.45) is 18.7 Å². The van der Waals surface area contributed by atoms with Crippen LogP contribution in [0.2, 0.25) is 0 Å². The van der Waals surface area contributed by atoms with E-state index < -0.39 is 0 Å². The number of nitrogens with two attached hydrogens (primary N) is 1. The van der Waals surface area contributed by atoms with Gasteiger partial charge in [-0.1, -0.05) is 13.0 Å². The maximum absolute atomic E-state index is 5.59. The zero-order valence-corrected chi connectivity index (χ0v) is 11.6. The molecule has 0 fully saturated rings. The van der Waals surface area contributed by atoms with Crippen LogP contribution in [0, 0.1) is 12.8 Å². The summed E-state index contributed by atoms with van der Waals surface area (Å²) < 4.78 is 2.21. The third-order valence-corrected chi connectivity index (χ3v) is 3.65. The molecule has 0 aliphatic heterocycles. The van der Waals surface area contributed by atoms with Gasteiger partial charge in [0.2, 0.25) is 0 Å². The fourth-order valence-corrected chi connectivity index (χ4v) is 2.39. The lowest BCUT2D eigenvalue weighted by atomic mass is 10.0. The van der Waals surface area contributed by atoms with E-state index in [1.165, 1.54) is 16.9 Å². The van der Waals surface area contributed by atoms with Crippen LogP contribution in [0.1, 0.15) is 31.2 Å². The third kappa shape index (κ3) is 2.72. The number of fused-ring (bicyclic) bond motifs is 1. The van der Waals surface area contributed by atoms with E-state index in [0.717, 1.165) is 31.3 Å². The molecule has 0 amide bonds. The molecule has 18 heavy (non-hydrogen) atoms. The average Bonchev–Trinajstić information content (AvgIpc) is 2.63. The molecule has 0 aliphatic rings. The predicted octanol–water partition coefficient (Wildman–Crippen LogP) is 2.80. The van der Waals surface area contributed by atoms with Crippen molar-refractivity contribution in [1.29, 1.82) is 0 Å². The fourth-order valence-electron chi connectivity index (χ4n) is 2.39. The van der Waals surface area contributed by atoms with Gasteiger partial charge in [-0.3, -0.25) is 0 Å². The number of aryl methyl sites for hydroxylation is 3. The Kier molecular flexibility index (Phi) is 4.02. The largest absolute Gasteiger partial charge is 0.331 e. The first kappa shape index (κ1) is 13.1. The van der Waals surface area contributed by atoms with Gasteiger partial charge in [-0.15, -0.1) is 0 Å². The number of imidazole rings is 1. The Morgan fingerprint density at radius 1 is 1.33 bits per heavy atom. The van der Waals surface area contributed by atoms with E-state index in [-0.39, 0.29) is 0 Å². The highest BCUT2D eigenvalue weighted by molar-refractivity contribution is 5.76. The molecular formula is C15H23N3. The summed E-state index contributed by atoms with van der Waals surface area (Å²) in [6.45, 7) is 5.15. The first-order chi connectivity index (χ1) is 8.61. The summed E-state index contributed by atoms with van der Waals surface area (Å²) in [5, 5.41) is 0. The van der Waals surface area contributed by atoms with E-state index in [1.807, 2.05) is 0 Å². The number of rotatable bonds is 5. The molecule has 0 saturated carbocycles. The Morgan fingerprint density at radius 3 is 2.83 bits per heavy atom. The number of benzene rings is 1. The van der Waals surface area contributed by atoms with Crippen molar-refractivity contribution in [2.75, 3.05) is 6.54 Å². The molecule has 3 nitrogen and oxygen atoms in total. The highest BCUT2D eigenvalue weighted by Gasteiger charge is 2.09. The molecular weight excluding hydrogens is 222 g/mol. The second kappa shape index (κ2) is 5.53. The van der Waals surface area contributed by atoms with Gasteiger partial charge >= 0.3 is 0 Å². The molecule has 2 aromatic rings. The third-order valence-electron chi connectivity index (χ3n) is 3.65. The molecule has 0 bridgehead atoms. The molecule has 3 heteroatoms. The minimum Gasteiger partial charge on any atom is -0.331 e. The predicted molar refractivity (Wildman–Crippen MR) is 76.6 cm³/mol. The molecule has 1 aromatic carbocycles. The highest BCUT2D eigenvalue weighted by atomic mass is 15.1. The van der Waals surface area contributed by atoms with Crippen molar-refractivity contribution in [3.05, 3.63) is 29.6 Å². The van der Waals surface area contributed by atoms with Crippen LogP contribution in [0.5, 0.6) is 0 Å². The SMILES string of the molecule is Cc1ccc2c(c1)nc(CCC(C)CCN)n2C. The quantitative estimate of drug-likeness (QED) is 0.880. The monoisotopic (exact) mass is 245 g/mol. The first-order valence-corrected chi connectivity index (χ1v) is 6.74. The van der Waals surface area contributed by atoms with E-state index in [4.69, 9.17) is 10.7 Å². The van der Waals surface area contributed by atoms with Crippen molar-refractivity contribution in [3.8, 4) is 0 Å². The Bertz CT molecular complexity index is 528. The fraction of sp³-hybridized carbons (Fsp3) is 0.533. The molecule has 0 aliphatic carbocycles. The van der Waals surface area contributed by atoms with E-state index in [2.05, 4.69) is 43.7 Å². The summed E-state index contributed by atoms with van der Waals surface area (Å²) in [4.78, 5) is 4.74. The van der Waals surface area contributed by atoms with Crippen molar-refractivity contribution in [2.45, 2.75) is 33.1 Å². The van der Waals surface area contributed by atoms with E-state index in [1.54, 1.807) is 0 Å². The zero-order chi connectivity index (χ0) is 13.1. The molecule has 0 radical (unpaired) electrons. The molecule has 98 valence electrons. The molecule has 1 unspecified atom stereocenters. The topological polar surface area (TPSA) is 43.8 Å². The van der Waals surface area contributed by atoms with Crippen molar-refractivity contribution >= 4 is 11.0 Å². The van der Waals surface area contributed by atoms with Crippen molar-refractivity contribution in [1.82, 2.24) is 9.55 Å². The lowest BCUT2D eigenvalue weighted by Crippen LogP contribution is -2.08. The van der Waals surface area contributed by atoms with Crippen LogP contribution in [-0.2, 0) is 13.5 Å². The molecule has 1 atom stereocenters. The lowest BCUT2D eigenvalue weighted by molar-refractivity contribution is 0.490. The van der Waals surface area contributed by atoms with Crippen LogP contribution in [0.25, 0.3) is 11.0 Å². The summed E-state index contributed by atoms with van der Waals surface area (Å²) in [6.07, 6.45) is 3.29. The second-order valence-corrected chi connectivity index (χ2v) is 5.30. The Labute approximate surface area is 109 Å². The minimum atomic E-state index is 0.677. The van der Waals surface area contributed by atoms with E-state index in [0.29, 0.717) is 5.92 Å². The maximum atomic E-state index is 5.59. The van der Waals surface area contributed by atoms with Crippen LogP contribution in [0.3, 0.4) is 0 Å². The normalized spacial score (nSPS) is 13.1. The van der Waals surface area contributed by atoms with Crippen LogP contribution in [0.4, 0.5) is 0 Å². The van der Waals surface area contributed by atoms with E-state index >= 15 is 0 Å². The van der Waals surface area contributed by atoms with Gasteiger partial charge in [0.1, 0.15) is 5.82 Å². The van der Waals surface area contributed by atoms with Gasteiger partial charge in [0.05, 0.1) is 11.0 Å². The molecule has 2 rings (SSSR count). The molecule has 0 saturated heterocycles. The smallest absolute Gasteiger partial charge is 0.109 e. The van der Waals surface area contributed by atoms with Crippen molar-refractivity contribution in [3.63, 3.8) is 0 Å². The number of nitrogens with zero attached hydrogens (tertiary/aromatic N) is 2. The van der Waals surface area contributed by atoms with Crippen LogP contribution in [-0.4, -0.2) is 16.1 Å². The molecule has 1 aromatic heterocycles.